The molecule has 0 amide bonds. The van der Waals surface area contributed by atoms with Gasteiger partial charge in [-0.05, 0) is 0 Å². The van der Waals surface area contributed by atoms with Crippen molar-refractivity contribution >= 4 is 6.40 Å². The van der Waals surface area contributed by atoms with Gasteiger partial charge in [-0.15, -0.1) is 0 Å². The van der Waals surface area contributed by atoms with Crippen molar-refractivity contribution in [3.05, 3.63) is 12.5 Å². The number of hydrogen-bond donors (Lipinski definition) is 0. The lowest BCUT2D eigenvalue weighted by Gasteiger charge is -1.84. The Labute approximate surface area is 41.3 Å². The summed E-state index contributed by atoms with van der Waals surface area (Å²) < 4.78 is 9.29. The highest BCUT2D eigenvalue weighted by Crippen LogP contribution is 1.83. The minimum atomic E-state index is 0.358. The number of aliphatic imine (C=N–C) groups is 1. The molecule has 0 N–H and O–H groups in total. The maximum Gasteiger partial charge on any atom is 0.181 e. The van der Waals surface area contributed by atoms with Gasteiger partial charge in [0.15, 0.2) is 13.1 Å². The Kier molecular flexibility index (Phi) is 1.33. The van der Waals surface area contributed by atoms with Crippen LogP contribution in [-0.4, -0.2) is 13.1 Å². The van der Waals surface area contributed by atoms with Crippen LogP contribution in [0.3, 0.4) is 0 Å². The van der Waals surface area contributed by atoms with Crippen LogP contribution in [0.2, 0.25) is 0 Å². The third-order valence-corrected chi connectivity index (χ3v) is 0.515. The summed E-state index contributed by atoms with van der Waals surface area (Å²) in [4.78, 5) is 3.64. The summed E-state index contributed by atoms with van der Waals surface area (Å²) in [7, 11) is 0. The molecule has 0 unspecified atom stereocenters. The van der Waals surface area contributed by atoms with Gasteiger partial charge >= 0.3 is 0 Å². The highest BCUT2D eigenvalue weighted by molar-refractivity contribution is 5.47. The van der Waals surface area contributed by atoms with Gasteiger partial charge in [0, 0.05) is 0 Å². The fraction of sp³-hybridized carbons (Fsp3) is 0.250. The van der Waals surface area contributed by atoms with Crippen LogP contribution in [0.15, 0.2) is 17.5 Å². The normalized spacial score (nSPS) is 17.1. The van der Waals surface area contributed by atoms with Crippen molar-refractivity contribution in [2.45, 2.75) is 0 Å². The molecular formula is C4H5NO2. The summed E-state index contributed by atoms with van der Waals surface area (Å²) >= 11 is 0. The molecule has 0 aromatic carbocycles. The molecule has 0 radical (unpaired) electrons. The lowest BCUT2D eigenvalue weighted by molar-refractivity contribution is 0.261. The zero-order valence-electron chi connectivity index (χ0n) is 3.70. The Morgan fingerprint density at radius 3 is 3.43 bits per heavy atom. The quantitative estimate of drug-likeness (QED) is 0.442. The van der Waals surface area contributed by atoms with E-state index in [4.69, 9.17) is 4.74 Å². The Bertz CT molecular complexity index is 85.9. The van der Waals surface area contributed by atoms with Crippen molar-refractivity contribution < 1.29 is 9.47 Å². The molecule has 1 rings (SSSR count). The van der Waals surface area contributed by atoms with Crippen LogP contribution in [0.4, 0.5) is 0 Å². The highest BCUT2D eigenvalue weighted by Gasteiger charge is 1.78. The van der Waals surface area contributed by atoms with Crippen LogP contribution in [0.25, 0.3) is 0 Å². The molecule has 3 heteroatoms. The van der Waals surface area contributed by atoms with Crippen LogP contribution < -0.4 is 0 Å². The topological polar surface area (TPSA) is 30.8 Å². The van der Waals surface area contributed by atoms with Gasteiger partial charge in [0.2, 0.25) is 0 Å². The molecule has 0 spiro atoms. The highest BCUT2D eigenvalue weighted by atomic mass is 16.5. The first kappa shape index (κ1) is 4.18. The van der Waals surface area contributed by atoms with Crippen molar-refractivity contribution in [3.8, 4) is 0 Å². The van der Waals surface area contributed by atoms with Gasteiger partial charge < -0.3 is 9.47 Å². The maximum absolute atomic E-state index is 4.69. The van der Waals surface area contributed by atoms with E-state index in [0.717, 1.165) is 0 Å². The lowest BCUT2D eigenvalue weighted by Crippen LogP contribution is -1.77. The van der Waals surface area contributed by atoms with E-state index < -0.39 is 0 Å². The average molecular weight is 99.1 g/mol. The lowest BCUT2D eigenvalue weighted by atomic mass is 11.0. The van der Waals surface area contributed by atoms with Crippen LogP contribution in [-0.2, 0) is 9.47 Å². The molecule has 0 aromatic heterocycles. The fourth-order valence-corrected chi connectivity index (χ4v) is 0.266. The van der Waals surface area contributed by atoms with Gasteiger partial charge in [0.05, 0.1) is 0 Å². The van der Waals surface area contributed by atoms with Crippen molar-refractivity contribution in [2.24, 2.45) is 4.99 Å². The number of hydrogen-bond acceptors (Lipinski definition) is 3. The maximum atomic E-state index is 4.69. The Hall–Kier alpha value is -0.990. The van der Waals surface area contributed by atoms with Gasteiger partial charge in [-0.3, -0.25) is 0 Å². The number of ether oxygens (including phenoxy) is 2. The van der Waals surface area contributed by atoms with E-state index in [2.05, 4.69) is 9.73 Å². The van der Waals surface area contributed by atoms with Gasteiger partial charge in [-0.1, -0.05) is 0 Å². The van der Waals surface area contributed by atoms with Gasteiger partial charge in [0.25, 0.3) is 0 Å². The van der Waals surface area contributed by atoms with Crippen molar-refractivity contribution in [3.63, 3.8) is 0 Å². The Morgan fingerprint density at radius 2 is 2.43 bits per heavy atom. The molecule has 0 fully saturated rings. The van der Waals surface area contributed by atoms with E-state index in [0.29, 0.717) is 6.73 Å². The standard InChI is InChI=1S/C4H5NO2/c1-2-7-4-5-3-6-1/h1-3H,4H2. The van der Waals surface area contributed by atoms with Gasteiger partial charge in [-0.25, -0.2) is 4.99 Å². The predicted octanol–water partition coefficient (Wildman–Crippen LogP) is 0.490. The molecule has 1 aliphatic heterocycles. The predicted molar refractivity (Wildman–Crippen MR) is 24.7 cm³/mol. The minimum Gasteiger partial charge on any atom is -0.476 e. The molecule has 0 atom stereocenters. The van der Waals surface area contributed by atoms with E-state index in [-0.39, 0.29) is 0 Å². The summed E-state index contributed by atoms with van der Waals surface area (Å²) in [6.45, 7) is 0.358. The Balaban J connectivity index is 2.38. The van der Waals surface area contributed by atoms with Crippen LogP contribution >= 0.6 is 0 Å². The number of rotatable bonds is 0. The first-order valence-electron chi connectivity index (χ1n) is 1.90. The summed E-state index contributed by atoms with van der Waals surface area (Å²) in [5.74, 6) is 0. The summed E-state index contributed by atoms with van der Waals surface area (Å²) in [6, 6.07) is 0. The molecule has 3 nitrogen and oxygen atoms in total. The van der Waals surface area contributed by atoms with Crippen molar-refractivity contribution in [2.75, 3.05) is 6.73 Å². The van der Waals surface area contributed by atoms with Gasteiger partial charge in [0.1, 0.15) is 12.5 Å². The Morgan fingerprint density at radius 1 is 1.43 bits per heavy atom. The second-order valence-electron chi connectivity index (χ2n) is 0.992. The van der Waals surface area contributed by atoms with Gasteiger partial charge in [-0.2, -0.15) is 0 Å². The first-order valence-corrected chi connectivity index (χ1v) is 1.90. The molecular weight excluding hydrogens is 94.0 g/mol. The summed E-state index contributed by atoms with van der Waals surface area (Å²) in [6.07, 6.45) is 4.22. The van der Waals surface area contributed by atoms with E-state index in [1.807, 2.05) is 0 Å². The third kappa shape index (κ3) is 1.26. The fourth-order valence-electron chi connectivity index (χ4n) is 0.266. The average Bonchev–Trinajstić information content (AvgIpc) is 1.90. The second-order valence-corrected chi connectivity index (χ2v) is 0.992. The monoisotopic (exact) mass is 99.0 g/mol. The smallest absolute Gasteiger partial charge is 0.181 e. The zero-order valence-corrected chi connectivity index (χ0v) is 3.70. The first-order chi connectivity index (χ1) is 3.50. The molecule has 0 saturated heterocycles. The van der Waals surface area contributed by atoms with E-state index in [1.54, 1.807) is 0 Å². The van der Waals surface area contributed by atoms with E-state index in [9.17, 15) is 0 Å². The number of nitrogens with zero attached hydrogens (tertiary/aromatic N) is 1. The minimum absolute atomic E-state index is 0.358. The van der Waals surface area contributed by atoms with Crippen LogP contribution in [0, 0.1) is 0 Å². The second kappa shape index (κ2) is 2.23. The summed E-state index contributed by atoms with van der Waals surface area (Å²) in [5.41, 5.74) is 0. The SMILES string of the molecule is C1=COCN=CO1. The molecule has 0 saturated carbocycles. The van der Waals surface area contributed by atoms with E-state index >= 15 is 0 Å². The van der Waals surface area contributed by atoms with Crippen molar-refractivity contribution in [1.29, 1.82) is 0 Å². The van der Waals surface area contributed by atoms with Crippen molar-refractivity contribution in [1.82, 2.24) is 0 Å². The third-order valence-electron chi connectivity index (χ3n) is 0.515. The molecule has 7 heavy (non-hydrogen) atoms. The molecule has 1 heterocycles. The molecule has 0 bridgehead atoms. The molecule has 0 aliphatic carbocycles. The van der Waals surface area contributed by atoms with Crippen LogP contribution in [0.5, 0.6) is 0 Å². The van der Waals surface area contributed by atoms with Crippen LogP contribution in [0.1, 0.15) is 0 Å². The summed E-state index contributed by atoms with van der Waals surface area (Å²) in [5, 5.41) is 0. The molecule has 1 aliphatic rings. The molecule has 0 aromatic rings. The zero-order chi connectivity index (χ0) is 4.95. The van der Waals surface area contributed by atoms with E-state index in [1.165, 1.54) is 18.9 Å². The molecule has 38 valence electrons. The largest absolute Gasteiger partial charge is 0.476 e.